The van der Waals surface area contributed by atoms with Crippen LogP contribution >= 0.6 is 0 Å². The second kappa shape index (κ2) is 7.64. The first-order chi connectivity index (χ1) is 12.8. The van der Waals surface area contributed by atoms with Crippen molar-refractivity contribution in [3.05, 3.63) is 47.9 Å². The van der Waals surface area contributed by atoms with E-state index in [4.69, 9.17) is 0 Å². The number of aromatic nitrogens is 2. The van der Waals surface area contributed by atoms with Crippen LogP contribution in [-0.4, -0.2) is 48.9 Å². The first-order valence-electron chi connectivity index (χ1n) is 8.92. The van der Waals surface area contributed by atoms with Crippen molar-refractivity contribution in [3.8, 4) is 0 Å². The van der Waals surface area contributed by atoms with Crippen molar-refractivity contribution < 1.29 is 13.2 Å². The Morgan fingerprint density at radius 1 is 1.26 bits per heavy atom. The summed E-state index contributed by atoms with van der Waals surface area (Å²) in [6.07, 6.45) is 1.89. The summed E-state index contributed by atoms with van der Waals surface area (Å²) in [4.78, 5) is 22.8. The summed E-state index contributed by atoms with van der Waals surface area (Å²) in [5.41, 5.74) is 2.05. The number of nitrogens with zero attached hydrogens (tertiary/aromatic N) is 3. The maximum absolute atomic E-state index is 12.7. The highest BCUT2D eigenvalue weighted by molar-refractivity contribution is 7.91. The molecule has 1 aromatic carbocycles. The molecule has 0 radical (unpaired) electrons. The summed E-state index contributed by atoms with van der Waals surface area (Å²) < 4.78 is 23.4. The minimum atomic E-state index is -2.99. The van der Waals surface area contributed by atoms with Crippen molar-refractivity contribution in [2.24, 2.45) is 0 Å². The second-order valence-corrected chi connectivity index (χ2v) is 9.35. The van der Waals surface area contributed by atoms with Gasteiger partial charge in [0.05, 0.1) is 11.5 Å². The van der Waals surface area contributed by atoms with E-state index < -0.39 is 9.84 Å². The molecule has 0 bridgehead atoms. The van der Waals surface area contributed by atoms with Gasteiger partial charge < -0.3 is 10.2 Å². The SMILES string of the molecule is CC(C)c1ccccc1NC(=O)c1cc(N(C)C2CCS(=O)(=O)C2)ncn1. The van der Waals surface area contributed by atoms with Crippen LogP contribution in [0.4, 0.5) is 11.5 Å². The van der Waals surface area contributed by atoms with Crippen LogP contribution in [0.2, 0.25) is 0 Å². The van der Waals surface area contributed by atoms with E-state index in [9.17, 15) is 13.2 Å². The first-order valence-corrected chi connectivity index (χ1v) is 10.7. The van der Waals surface area contributed by atoms with Gasteiger partial charge in [0.15, 0.2) is 9.84 Å². The van der Waals surface area contributed by atoms with Crippen LogP contribution in [0.15, 0.2) is 36.7 Å². The smallest absolute Gasteiger partial charge is 0.274 e. The predicted octanol–water partition coefficient (Wildman–Crippen LogP) is 2.48. The van der Waals surface area contributed by atoms with E-state index in [0.717, 1.165) is 11.3 Å². The molecule has 1 aromatic heterocycles. The van der Waals surface area contributed by atoms with Gasteiger partial charge in [-0.1, -0.05) is 32.0 Å². The number of para-hydroxylation sites is 1. The molecule has 1 aliphatic rings. The summed E-state index contributed by atoms with van der Waals surface area (Å²) in [6, 6.07) is 9.13. The monoisotopic (exact) mass is 388 g/mol. The summed E-state index contributed by atoms with van der Waals surface area (Å²) >= 11 is 0. The molecule has 0 aliphatic carbocycles. The Balaban J connectivity index is 1.78. The van der Waals surface area contributed by atoms with Gasteiger partial charge in [0.25, 0.3) is 5.91 Å². The van der Waals surface area contributed by atoms with Gasteiger partial charge in [0.2, 0.25) is 0 Å². The Kier molecular flexibility index (Phi) is 5.46. The minimum absolute atomic E-state index is 0.108. The van der Waals surface area contributed by atoms with E-state index in [2.05, 4.69) is 29.1 Å². The van der Waals surface area contributed by atoms with Crippen molar-refractivity contribution in [2.45, 2.75) is 32.2 Å². The van der Waals surface area contributed by atoms with E-state index in [0.29, 0.717) is 12.2 Å². The molecule has 144 valence electrons. The zero-order valence-corrected chi connectivity index (χ0v) is 16.5. The Morgan fingerprint density at radius 2 is 2.00 bits per heavy atom. The van der Waals surface area contributed by atoms with Gasteiger partial charge in [-0.2, -0.15) is 0 Å². The van der Waals surface area contributed by atoms with Gasteiger partial charge >= 0.3 is 0 Å². The third-order valence-electron chi connectivity index (χ3n) is 4.83. The molecule has 0 saturated carbocycles. The molecular formula is C19H24N4O3S. The van der Waals surface area contributed by atoms with E-state index >= 15 is 0 Å². The average Bonchev–Trinajstić information content (AvgIpc) is 3.01. The molecule has 3 rings (SSSR count). The van der Waals surface area contributed by atoms with Crippen molar-refractivity contribution in [3.63, 3.8) is 0 Å². The van der Waals surface area contributed by atoms with Crippen LogP contribution in [0.3, 0.4) is 0 Å². The standard InChI is InChI=1S/C19H24N4O3S/c1-13(2)15-6-4-5-7-16(15)22-19(24)17-10-18(21-12-20-17)23(3)14-8-9-27(25,26)11-14/h4-7,10,12-14H,8-9,11H2,1-3H3,(H,22,24). The number of amides is 1. The molecule has 1 aliphatic heterocycles. The average molecular weight is 388 g/mol. The third kappa shape index (κ3) is 4.44. The van der Waals surface area contributed by atoms with Crippen LogP contribution in [0.5, 0.6) is 0 Å². The molecule has 1 fully saturated rings. The van der Waals surface area contributed by atoms with Crippen molar-refractivity contribution in [2.75, 3.05) is 28.8 Å². The van der Waals surface area contributed by atoms with Gasteiger partial charge in [-0.15, -0.1) is 0 Å². The van der Waals surface area contributed by atoms with Gasteiger partial charge in [-0.05, 0) is 24.0 Å². The molecular weight excluding hydrogens is 364 g/mol. The first kappa shape index (κ1) is 19.3. The number of nitrogens with one attached hydrogen (secondary N) is 1. The largest absolute Gasteiger partial charge is 0.356 e. The third-order valence-corrected chi connectivity index (χ3v) is 6.58. The van der Waals surface area contributed by atoms with E-state index in [1.807, 2.05) is 29.2 Å². The number of rotatable bonds is 5. The maximum Gasteiger partial charge on any atom is 0.274 e. The lowest BCUT2D eigenvalue weighted by molar-refractivity contribution is 0.102. The van der Waals surface area contributed by atoms with Crippen molar-refractivity contribution in [1.29, 1.82) is 0 Å². The number of hydrogen-bond acceptors (Lipinski definition) is 6. The lowest BCUT2D eigenvalue weighted by Gasteiger charge is -2.24. The van der Waals surface area contributed by atoms with Crippen molar-refractivity contribution >= 4 is 27.2 Å². The highest BCUT2D eigenvalue weighted by atomic mass is 32.2. The zero-order valence-electron chi connectivity index (χ0n) is 15.7. The Labute approximate surface area is 159 Å². The Bertz CT molecular complexity index is 943. The molecule has 1 unspecified atom stereocenters. The molecule has 7 nitrogen and oxygen atoms in total. The summed E-state index contributed by atoms with van der Waals surface area (Å²) in [5, 5.41) is 2.91. The summed E-state index contributed by atoms with van der Waals surface area (Å²) in [6.45, 7) is 4.14. The quantitative estimate of drug-likeness (QED) is 0.846. The summed E-state index contributed by atoms with van der Waals surface area (Å²) in [5.74, 6) is 0.787. The van der Waals surface area contributed by atoms with Crippen molar-refractivity contribution in [1.82, 2.24) is 9.97 Å². The molecule has 2 aromatic rings. The van der Waals surface area contributed by atoms with E-state index in [1.54, 1.807) is 13.1 Å². The Hall–Kier alpha value is -2.48. The zero-order chi connectivity index (χ0) is 19.6. The fourth-order valence-electron chi connectivity index (χ4n) is 3.23. The number of carbonyl (C=O) groups is 1. The number of hydrogen-bond donors (Lipinski definition) is 1. The van der Waals surface area contributed by atoms with Gasteiger partial charge in [-0.25, -0.2) is 18.4 Å². The van der Waals surface area contributed by atoms with E-state index in [1.165, 1.54) is 6.33 Å². The van der Waals surface area contributed by atoms with E-state index in [-0.39, 0.29) is 35.1 Å². The van der Waals surface area contributed by atoms with Gasteiger partial charge in [0, 0.05) is 24.8 Å². The second-order valence-electron chi connectivity index (χ2n) is 7.13. The maximum atomic E-state index is 12.7. The number of sulfone groups is 1. The Morgan fingerprint density at radius 3 is 2.67 bits per heavy atom. The fourth-order valence-corrected chi connectivity index (χ4v) is 5.01. The lowest BCUT2D eigenvalue weighted by atomic mass is 10.0. The highest BCUT2D eigenvalue weighted by Gasteiger charge is 2.31. The predicted molar refractivity (Wildman–Crippen MR) is 106 cm³/mol. The van der Waals surface area contributed by atoms with Crippen LogP contribution in [0.25, 0.3) is 0 Å². The van der Waals surface area contributed by atoms with Crippen LogP contribution in [0, 0.1) is 0 Å². The molecule has 27 heavy (non-hydrogen) atoms. The van der Waals surface area contributed by atoms with Crippen LogP contribution < -0.4 is 10.2 Å². The molecule has 1 amide bonds. The fraction of sp³-hybridized carbons (Fsp3) is 0.421. The minimum Gasteiger partial charge on any atom is -0.356 e. The molecule has 1 atom stereocenters. The molecule has 0 spiro atoms. The molecule has 1 saturated heterocycles. The number of benzene rings is 1. The van der Waals surface area contributed by atoms with Gasteiger partial charge in [-0.3, -0.25) is 4.79 Å². The lowest BCUT2D eigenvalue weighted by Crippen LogP contribution is -2.33. The molecule has 1 N–H and O–H groups in total. The molecule has 8 heteroatoms. The topological polar surface area (TPSA) is 92.3 Å². The number of anilines is 2. The molecule has 2 heterocycles. The van der Waals surface area contributed by atoms with Crippen LogP contribution in [-0.2, 0) is 9.84 Å². The van der Waals surface area contributed by atoms with Gasteiger partial charge in [0.1, 0.15) is 17.8 Å². The summed E-state index contributed by atoms with van der Waals surface area (Å²) in [7, 11) is -1.20. The normalized spacial score (nSPS) is 18.4. The highest BCUT2D eigenvalue weighted by Crippen LogP contribution is 2.25. The van der Waals surface area contributed by atoms with Crippen LogP contribution in [0.1, 0.15) is 42.2 Å². The number of carbonyl (C=O) groups excluding carboxylic acids is 1.